The molecule has 0 aliphatic carbocycles. The van der Waals surface area contributed by atoms with Gasteiger partial charge in [-0.2, -0.15) is 0 Å². The third-order valence-corrected chi connectivity index (χ3v) is 6.57. The van der Waals surface area contributed by atoms with Crippen molar-refractivity contribution >= 4 is 17.7 Å². The van der Waals surface area contributed by atoms with Crippen LogP contribution in [-0.4, -0.2) is 71.8 Å². The zero-order valence-electron chi connectivity index (χ0n) is 19.6. The summed E-state index contributed by atoms with van der Waals surface area (Å²) in [4.78, 5) is 42.1. The van der Waals surface area contributed by atoms with Gasteiger partial charge < -0.3 is 19.4 Å². The summed E-state index contributed by atoms with van der Waals surface area (Å²) in [5, 5.41) is 0. The van der Waals surface area contributed by atoms with Crippen LogP contribution in [-0.2, 0) is 20.8 Å². The highest BCUT2D eigenvalue weighted by atomic mass is 19.1. The number of hydrogen-bond acceptors (Lipinski definition) is 4. The molecular formula is C26H30FN3O4. The molecule has 0 N–H and O–H groups in total. The number of nitrogens with zero attached hydrogens (tertiary/aromatic N) is 3. The first kappa shape index (κ1) is 23.7. The highest BCUT2D eigenvalue weighted by Crippen LogP contribution is 2.37. The van der Waals surface area contributed by atoms with E-state index in [2.05, 4.69) is 0 Å². The van der Waals surface area contributed by atoms with E-state index in [1.807, 2.05) is 31.2 Å². The van der Waals surface area contributed by atoms with Crippen LogP contribution in [0.15, 0.2) is 42.5 Å². The molecule has 7 nitrogen and oxygen atoms in total. The lowest BCUT2D eigenvalue weighted by Crippen LogP contribution is -2.51. The molecule has 4 rings (SSSR count). The summed E-state index contributed by atoms with van der Waals surface area (Å²) >= 11 is 0. The van der Waals surface area contributed by atoms with Gasteiger partial charge in [-0.25, -0.2) is 4.39 Å². The minimum absolute atomic E-state index is 0.00566. The van der Waals surface area contributed by atoms with Crippen LogP contribution in [0.3, 0.4) is 0 Å². The van der Waals surface area contributed by atoms with E-state index in [0.29, 0.717) is 56.9 Å². The van der Waals surface area contributed by atoms with Crippen molar-refractivity contribution in [3.63, 3.8) is 0 Å². The predicted molar refractivity (Wildman–Crippen MR) is 125 cm³/mol. The molecule has 8 heteroatoms. The van der Waals surface area contributed by atoms with Gasteiger partial charge in [-0.3, -0.25) is 14.4 Å². The second-order valence-electron chi connectivity index (χ2n) is 8.68. The quantitative estimate of drug-likeness (QED) is 0.678. The number of hydrogen-bond donors (Lipinski definition) is 0. The molecule has 1 saturated heterocycles. The molecule has 34 heavy (non-hydrogen) atoms. The van der Waals surface area contributed by atoms with Gasteiger partial charge in [0, 0.05) is 46.1 Å². The van der Waals surface area contributed by atoms with Crippen LogP contribution in [0.1, 0.15) is 43.0 Å². The molecule has 3 amide bonds. The number of halogens is 1. The lowest BCUT2D eigenvalue weighted by Gasteiger charge is -2.38. The van der Waals surface area contributed by atoms with E-state index in [0.717, 1.165) is 11.1 Å². The Bertz CT molecular complexity index is 1080. The number of benzene rings is 2. The molecule has 2 aromatic carbocycles. The molecule has 0 unspecified atom stereocenters. The third-order valence-electron chi connectivity index (χ3n) is 6.57. The Kier molecular flexibility index (Phi) is 7.14. The van der Waals surface area contributed by atoms with Gasteiger partial charge in [-0.15, -0.1) is 0 Å². The molecule has 2 aromatic rings. The van der Waals surface area contributed by atoms with Crippen LogP contribution in [0.5, 0.6) is 5.75 Å². The van der Waals surface area contributed by atoms with E-state index in [9.17, 15) is 18.8 Å². The standard InChI is InChI=1S/C26H30FN3O4/c1-3-24(32)30-10-9-19-7-8-22(16-23(19)26(30)20-5-4-6-21(27)15-20)34-17-25(33)29-13-11-28(12-14-29)18(2)31/h4-8,15-16,26H,3,9-14,17H2,1-2H3/t26-/m1/s1. The van der Waals surface area contributed by atoms with Gasteiger partial charge >= 0.3 is 0 Å². The number of fused-ring (bicyclic) bond motifs is 1. The maximum Gasteiger partial charge on any atom is 0.260 e. The summed E-state index contributed by atoms with van der Waals surface area (Å²) in [5.74, 6) is 0.0652. The van der Waals surface area contributed by atoms with Gasteiger partial charge in [-0.1, -0.05) is 25.1 Å². The molecule has 0 aromatic heterocycles. The summed E-state index contributed by atoms with van der Waals surface area (Å²) in [5.41, 5.74) is 2.67. The van der Waals surface area contributed by atoms with Gasteiger partial charge in [0.25, 0.3) is 5.91 Å². The smallest absolute Gasteiger partial charge is 0.260 e. The Morgan fingerprint density at radius 3 is 2.38 bits per heavy atom. The second-order valence-corrected chi connectivity index (χ2v) is 8.68. The lowest BCUT2D eigenvalue weighted by molar-refractivity contribution is -0.139. The summed E-state index contributed by atoms with van der Waals surface area (Å²) in [7, 11) is 0. The summed E-state index contributed by atoms with van der Waals surface area (Å²) < 4.78 is 19.9. The molecule has 2 aliphatic rings. The van der Waals surface area contributed by atoms with Crippen molar-refractivity contribution in [2.45, 2.75) is 32.7 Å². The van der Waals surface area contributed by atoms with Crippen LogP contribution < -0.4 is 4.74 Å². The highest BCUT2D eigenvalue weighted by molar-refractivity contribution is 5.79. The minimum Gasteiger partial charge on any atom is -0.484 e. The zero-order valence-corrected chi connectivity index (χ0v) is 19.6. The van der Waals surface area contributed by atoms with E-state index in [1.54, 1.807) is 20.8 Å². The molecule has 0 spiro atoms. The number of carbonyl (C=O) groups excluding carboxylic acids is 3. The topological polar surface area (TPSA) is 70.2 Å². The van der Waals surface area contributed by atoms with Crippen molar-refractivity contribution in [3.8, 4) is 5.75 Å². The SMILES string of the molecule is CCC(=O)N1CCc2ccc(OCC(=O)N3CCN(C(C)=O)CC3)cc2[C@H]1c1cccc(F)c1. The predicted octanol–water partition coefficient (Wildman–Crippen LogP) is 2.78. The Balaban J connectivity index is 1.52. The maximum atomic E-state index is 14.1. The first-order chi connectivity index (χ1) is 16.4. The lowest BCUT2D eigenvalue weighted by atomic mass is 9.87. The van der Waals surface area contributed by atoms with Crippen molar-refractivity contribution in [1.29, 1.82) is 0 Å². The summed E-state index contributed by atoms with van der Waals surface area (Å²) in [6.45, 7) is 5.83. The number of amides is 3. The number of rotatable bonds is 5. The Labute approximate surface area is 199 Å². The molecule has 0 saturated carbocycles. The molecule has 1 atom stereocenters. The molecule has 0 radical (unpaired) electrons. The van der Waals surface area contributed by atoms with Crippen molar-refractivity contribution in [3.05, 3.63) is 65.0 Å². The summed E-state index contributed by atoms with van der Waals surface area (Å²) in [6, 6.07) is 11.6. The van der Waals surface area contributed by atoms with Crippen molar-refractivity contribution in [2.24, 2.45) is 0 Å². The fourth-order valence-electron chi connectivity index (χ4n) is 4.70. The second kappa shape index (κ2) is 10.2. The van der Waals surface area contributed by atoms with Crippen molar-refractivity contribution in [2.75, 3.05) is 39.3 Å². The van der Waals surface area contributed by atoms with Gasteiger partial charge in [0.05, 0.1) is 6.04 Å². The van der Waals surface area contributed by atoms with Gasteiger partial charge in [0.2, 0.25) is 11.8 Å². The first-order valence-corrected chi connectivity index (χ1v) is 11.7. The Morgan fingerprint density at radius 2 is 1.71 bits per heavy atom. The van der Waals surface area contributed by atoms with Crippen LogP contribution in [0.4, 0.5) is 4.39 Å². The van der Waals surface area contributed by atoms with Crippen molar-refractivity contribution < 1.29 is 23.5 Å². The largest absolute Gasteiger partial charge is 0.484 e. The van der Waals surface area contributed by atoms with E-state index < -0.39 is 6.04 Å². The third kappa shape index (κ3) is 5.05. The fourth-order valence-corrected chi connectivity index (χ4v) is 4.70. The van der Waals surface area contributed by atoms with Crippen LogP contribution in [0.2, 0.25) is 0 Å². The molecule has 180 valence electrons. The fraction of sp³-hybridized carbons (Fsp3) is 0.423. The normalized spacial score (nSPS) is 17.9. The summed E-state index contributed by atoms with van der Waals surface area (Å²) in [6.07, 6.45) is 1.06. The first-order valence-electron chi connectivity index (χ1n) is 11.7. The van der Waals surface area contributed by atoms with Gasteiger partial charge in [0.1, 0.15) is 11.6 Å². The van der Waals surface area contributed by atoms with Crippen LogP contribution >= 0.6 is 0 Å². The molecule has 1 fully saturated rings. The number of ether oxygens (including phenoxy) is 1. The van der Waals surface area contributed by atoms with E-state index in [-0.39, 0.29) is 30.1 Å². The van der Waals surface area contributed by atoms with E-state index in [1.165, 1.54) is 19.1 Å². The number of carbonyl (C=O) groups is 3. The molecule has 2 aliphatic heterocycles. The highest BCUT2D eigenvalue weighted by Gasteiger charge is 2.32. The van der Waals surface area contributed by atoms with E-state index in [4.69, 9.17) is 4.74 Å². The van der Waals surface area contributed by atoms with Gasteiger partial charge in [-0.05, 0) is 47.4 Å². The van der Waals surface area contributed by atoms with E-state index >= 15 is 0 Å². The molecular weight excluding hydrogens is 437 g/mol. The zero-order chi connectivity index (χ0) is 24.2. The average molecular weight is 468 g/mol. The average Bonchev–Trinajstić information content (AvgIpc) is 2.85. The maximum absolute atomic E-state index is 14.1. The Morgan fingerprint density at radius 1 is 0.971 bits per heavy atom. The van der Waals surface area contributed by atoms with Crippen LogP contribution in [0, 0.1) is 5.82 Å². The minimum atomic E-state index is -0.411. The van der Waals surface area contributed by atoms with Gasteiger partial charge in [0.15, 0.2) is 6.61 Å². The number of piperazine rings is 1. The van der Waals surface area contributed by atoms with Crippen molar-refractivity contribution in [1.82, 2.24) is 14.7 Å². The monoisotopic (exact) mass is 467 g/mol. The molecule has 0 bridgehead atoms. The van der Waals surface area contributed by atoms with Crippen LogP contribution in [0.25, 0.3) is 0 Å². The molecule has 2 heterocycles. The Hall–Kier alpha value is -3.42.